The lowest BCUT2D eigenvalue weighted by Crippen LogP contribution is -2.28. The second kappa shape index (κ2) is 9.77. The van der Waals surface area contributed by atoms with Gasteiger partial charge in [-0.3, -0.25) is 4.79 Å². The van der Waals surface area contributed by atoms with Gasteiger partial charge in [0.2, 0.25) is 0 Å². The minimum atomic E-state index is -0.548. The standard InChI is InChI=1S/C19H16ClNO3S/c1-2-11-21-18(22)12-24-19(23)15-5-3-14(4-6-15)13-25-17-9-7-16(20)8-10-17/h1,3-10H,11-13H2,(H,21,22). The number of rotatable bonds is 7. The lowest BCUT2D eigenvalue weighted by molar-refractivity contribution is -0.123. The Balaban J connectivity index is 1.82. The number of nitrogens with one attached hydrogen (secondary N) is 1. The maximum Gasteiger partial charge on any atom is 0.338 e. The highest BCUT2D eigenvalue weighted by atomic mass is 35.5. The second-order valence-corrected chi connectivity index (χ2v) is 6.48. The molecule has 0 spiro atoms. The van der Waals surface area contributed by atoms with E-state index in [-0.39, 0.29) is 13.2 Å². The SMILES string of the molecule is C#CCNC(=O)COC(=O)c1ccc(CSc2ccc(Cl)cc2)cc1. The zero-order chi connectivity index (χ0) is 18.1. The summed E-state index contributed by atoms with van der Waals surface area (Å²) in [7, 11) is 0. The number of terminal acetylenes is 1. The molecule has 25 heavy (non-hydrogen) atoms. The van der Waals surface area contributed by atoms with E-state index in [0.29, 0.717) is 10.6 Å². The van der Waals surface area contributed by atoms with Crippen molar-refractivity contribution < 1.29 is 14.3 Å². The molecule has 2 aromatic rings. The third-order valence-electron chi connectivity index (χ3n) is 3.13. The second-order valence-electron chi connectivity index (χ2n) is 5.00. The van der Waals surface area contributed by atoms with E-state index in [1.807, 2.05) is 36.4 Å². The molecule has 1 amide bonds. The van der Waals surface area contributed by atoms with Gasteiger partial charge in [0.05, 0.1) is 12.1 Å². The maximum absolute atomic E-state index is 11.9. The lowest BCUT2D eigenvalue weighted by Gasteiger charge is -2.06. The summed E-state index contributed by atoms with van der Waals surface area (Å²) in [5.41, 5.74) is 1.47. The van der Waals surface area contributed by atoms with Crippen LogP contribution in [-0.4, -0.2) is 25.0 Å². The number of esters is 1. The van der Waals surface area contributed by atoms with Crippen LogP contribution in [0.5, 0.6) is 0 Å². The summed E-state index contributed by atoms with van der Waals surface area (Å²) >= 11 is 7.53. The first kappa shape index (κ1) is 18.9. The molecular weight excluding hydrogens is 358 g/mol. The molecule has 0 fully saturated rings. The summed E-state index contributed by atoms with van der Waals surface area (Å²) in [5.74, 6) is 2.06. The van der Waals surface area contributed by atoms with E-state index in [9.17, 15) is 9.59 Å². The first-order chi connectivity index (χ1) is 12.1. The summed E-state index contributed by atoms with van der Waals surface area (Å²) in [6, 6.07) is 14.7. The van der Waals surface area contributed by atoms with Gasteiger partial charge in [-0.25, -0.2) is 4.79 Å². The normalized spacial score (nSPS) is 9.92. The maximum atomic E-state index is 11.9. The minimum absolute atomic E-state index is 0.108. The first-order valence-electron chi connectivity index (χ1n) is 7.43. The summed E-state index contributed by atoms with van der Waals surface area (Å²) in [6.07, 6.45) is 5.03. The molecule has 128 valence electrons. The Labute approximate surface area is 155 Å². The molecule has 0 saturated heterocycles. The predicted molar refractivity (Wildman–Crippen MR) is 99.6 cm³/mol. The Kier molecular flexibility index (Phi) is 7.39. The van der Waals surface area contributed by atoms with Crippen LogP contribution >= 0.6 is 23.4 Å². The van der Waals surface area contributed by atoms with Crippen LogP contribution in [0.1, 0.15) is 15.9 Å². The highest BCUT2D eigenvalue weighted by Crippen LogP contribution is 2.24. The predicted octanol–water partition coefficient (Wildman–Crippen LogP) is 3.54. The smallest absolute Gasteiger partial charge is 0.338 e. The number of halogens is 1. The van der Waals surface area contributed by atoms with Crippen LogP contribution in [0.3, 0.4) is 0 Å². The largest absolute Gasteiger partial charge is 0.452 e. The fraction of sp³-hybridized carbons (Fsp3) is 0.158. The molecule has 0 bridgehead atoms. The van der Waals surface area contributed by atoms with Crippen LogP contribution in [0.25, 0.3) is 0 Å². The fourth-order valence-electron chi connectivity index (χ4n) is 1.85. The van der Waals surface area contributed by atoms with Crippen molar-refractivity contribution in [3.63, 3.8) is 0 Å². The van der Waals surface area contributed by atoms with Gasteiger partial charge >= 0.3 is 5.97 Å². The summed E-state index contributed by atoms with van der Waals surface area (Å²) in [4.78, 5) is 24.3. The molecule has 2 aromatic carbocycles. The van der Waals surface area contributed by atoms with Crippen LogP contribution in [0.2, 0.25) is 5.02 Å². The number of hydrogen-bond donors (Lipinski definition) is 1. The minimum Gasteiger partial charge on any atom is -0.452 e. The van der Waals surface area contributed by atoms with E-state index in [1.165, 1.54) is 0 Å². The zero-order valence-electron chi connectivity index (χ0n) is 13.3. The molecule has 1 N–H and O–H groups in total. The Bertz CT molecular complexity index is 767. The Morgan fingerprint density at radius 1 is 1.12 bits per heavy atom. The average Bonchev–Trinajstić information content (AvgIpc) is 2.64. The van der Waals surface area contributed by atoms with E-state index in [1.54, 1.807) is 23.9 Å². The molecule has 0 aromatic heterocycles. The van der Waals surface area contributed by atoms with Crippen LogP contribution in [0, 0.1) is 12.3 Å². The molecule has 4 nitrogen and oxygen atoms in total. The molecule has 0 aliphatic carbocycles. The van der Waals surface area contributed by atoms with Gasteiger partial charge in [-0.05, 0) is 42.0 Å². The molecule has 0 unspecified atom stereocenters. The molecular formula is C19H16ClNO3S. The van der Waals surface area contributed by atoms with Crippen molar-refractivity contribution in [1.82, 2.24) is 5.32 Å². The first-order valence-corrected chi connectivity index (χ1v) is 8.79. The van der Waals surface area contributed by atoms with Gasteiger partial charge in [-0.15, -0.1) is 18.2 Å². The number of benzene rings is 2. The Morgan fingerprint density at radius 3 is 2.44 bits per heavy atom. The summed E-state index contributed by atoms with van der Waals surface area (Å²) in [6.45, 7) is -0.245. The quantitative estimate of drug-likeness (QED) is 0.458. The average molecular weight is 374 g/mol. The van der Waals surface area contributed by atoms with E-state index in [2.05, 4.69) is 11.2 Å². The van der Waals surface area contributed by atoms with Gasteiger partial charge in [0.15, 0.2) is 6.61 Å². The summed E-state index contributed by atoms with van der Waals surface area (Å²) in [5, 5.41) is 3.13. The van der Waals surface area contributed by atoms with E-state index >= 15 is 0 Å². The molecule has 0 aliphatic heterocycles. The van der Waals surface area contributed by atoms with Gasteiger partial charge in [0, 0.05) is 15.7 Å². The third kappa shape index (κ3) is 6.54. The van der Waals surface area contributed by atoms with E-state index < -0.39 is 11.9 Å². The molecule has 6 heteroatoms. The lowest BCUT2D eigenvalue weighted by atomic mass is 10.1. The Hall–Kier alpha value is -2.42. The number of ether oxygens (including phenoxy) is 1. The molecule has 0 heterocycles. The number of thioether (sulfide) groups is 1. The van der Waals surface area contributed by atoms with E-state index in [0.717, 1.165) is 16.2 Å². The van der Waals surface area contributed by atoms with Crippen molar-refractivity contribution >= 4 is 35.2 Å². The zero-order valence-corrected chi connectivity index (χ0v) is 14.9. The summed E-state index contributed by atoms with van der Waals surface area (Å²) < 4.78 is 4.93. The molecule has 0 atom stereocenters. The third-order valence-corrected chi connectivity index (χ3v) is 4.47. The molecule has 0 aliphatic rings. The molecule has 2 rings (SSSR count). The Morgan fingerprint density at radius 2 is 1.80 bits per heavy atom. The van der Waals surface area contributed by atoms with Gasteiger partial charge < -0.3 is 10.1 Å². The van der Waals surface area contributed by atoms with Crippen molar-refractivity contribution in [2.45, 2.75) is 10.6 Å². The number of carbonyl (C=O) groups is 2. The fourth-order valence-corrected chi connectivity index (χ4v) is 2.83. The van der Waals surface area contributed by atoms with Crippen molar-refractivity contribution in [1.29, 1.82) is 0 Å². The van der Waals surface area contributed by atoms with Gasteiger partial charge in [-0.1, -0.05) is 29.7 Å². The van der Waals surface area contributed by atoms with Crippen LogP contribution < -0.4 is 5.32 Å². The number of amides is 1. The monoisotopic (exact) mass is 373 g/mol. The van der Waals surface area contributed by atoms with Crippen molar-refractivity contribution in [2.24, 2.45) is 0 Å². The van der Waals surface area contributed by atoms with Crippen molar-refractivity contribution in [2.75, 3.05) is 13.2 Å². The van der Waals surface area contributed by atoms with E-state index in [4.69, 9.17) is 22.8 Å². The van der Waals surface area contributed by atoms with Gasteiger partial charge in [-0.2, -0.15) is 0 Å². The van der Waals surface area contributed by atoms with Crippen LogP contribution in [0.15, 0.2) is 53.4 Å². The topological polar surface area (TPSA) is 55.4 Å². The highest BCUT2D eigenvalue weighted by molar-refractivity contribution is 7.98. The van der Waals surface area contributed by atoms with Crippen LogP contribution in [0.4, 0.5) is 0 Å². The molecule has 0 radical (unpaired) electrons. The van der Waals surface area contributed by atoms with Crippen LogP contribution in [-0.2, 0) is 15.3 Å². The molecule has 0 saturated carbocycles. The highest BCUT2D eigenvalue weighted by Gasteiger charge is 2.09. The number of hydrogen-bond acceptors (Lipinski definition) is 4. The van der Waals surface area contributed by atoms with Gasteiger partial charge in [0.1, 0.15) is 0 Å². The van der Waals surface area contributed by atoms with Crippen molar-refractivity contribution in [3.8, 4) is 12.3 Å². The number of carbonyl (C=O) groups excluding carboxylic acids is 2. The van der Waals surface area contributed by atoms with Gasteiger partial charge in [0.25, 0.3) is 5.91 Å². The van der Waals surface area contributed by atoms with Crippen molar-refractivity contribution in [3.05, 3.63) is 64.7 Å².